The van der Waals surface area contributed by atoms with E-state index in [1.54, 1.807) is 16.8 Å². The molecule has 1 aromatic heterocycles. The second-order valence-corrected chi connectivity index (χ2v) is 4.96. The Hall–Kier alpha value is -1.08. The molecule has 1 amide bonds. The molecule has 0 aliphatic rings. The van der Waals surface area contributed by atoms with Crippen molar-refractivity contribution in [2.45, 2.75) is 31.5 Å². The smallest absolute Gasteiger partial charge is 0.384 e. The molecule has 1 atom stereocenters. The fourth-order valence-electron chi connectivity index (χ4n) is 1.29. The van der Waals surface area contributed by atoms with Gasteiger partial charge in [-0.2, -0.15) is 24.5 Å². The zero-order valence-electron chi connectivity index (χ0n) is 9.75. The van der Waals surface area contributed by atoms with Crippen molar-refractivity contribution in [1.29, 1.82) is 0 Å². The number of carbonyl (C=O) groups is 1. The van der Waals surface area contributed by atoms with E-state index in [9.17, 15) is 23.1 Å². The molecule has 7 heteroatoms. The van der Waals surface area contributed by atoms with E-state index in [2.05, 4.69) is 5.32 Å². The molecule has 0 saturated carbocycles. The second kappa shape index (κ2) is 5.71. The Morgan fingerprint density at radius 3 is 2.67 bits per heavy atom. The Morgan fingerprint density at radius 1 is 1.50 bits per heavy atom. The molecule has 0 saturated heterocycles. The number of halogens is 3. The van der Waals surface area contributed by atoms with Gasteiger partial charge in [-0.3, -0.25) is 4.79 Å². The fraction of sp³-hybridized carbons (Fsp3) is 0.545. The highest BCUT2D eigenvalue weighted by molar-refractivity contribution is 7.08. The highest BCUT2D eigenvalue weighted by Crippen LogP contribution is 2.23. The van der Waals surface area contributed by atoms with Crippen LogP contribution in [-0.4, -0.2) is 23.7 Å². The van der Waals surface area contributed by atoms with Gasteiger partial charge in [0.15, 0.2) is 0 Å². The van der Waals surface area contributed by atoms with Crippen molar-refractivity contribution in [3.05, 3.63) is 22.4 Å². The van der Waals surface area contributed by atoms with Crippen LogP contribution in [-0.2, 0) is 10.4 Å². The van der Waals surface area contributed by atoms with Crippen LogP contribution in [0, 0.1) is 0 Å². The molecule has 102 valence electrons. The van der Waals surface area contributed by atoms with Crippen LogP contribution in [0.2, 0.25) is 0 Å². The van der Waals surface area contributed by atoms with Crippen molar-refractivity contribution >= 4 is 17.2 Å². The van der Waals surface area contributed by atoms with Crippen LogP contribution < -0.4 is 5.32 Å². The zero-order chi connectivity index (χ0) is 13.8. The van der Waals surface area contributed by atoms with Gasteiger partial charge in [-0.05, 0) is 29.3 Å². The quantitative estimate of drug-likeness (QED) is 0.870. The molecule has 0 bridgehead atoms. The van der Waals surface area contributed by atoms with Gasteiger partial charge in [0.2, 0.25) is 5.91 Å². The highest BCUT2D eigenvalue weighted by Gasteiger charge is 2.29. The summed E-state index contributed by atoms with van der Waals surface area (Å²) in [5.74, 6) is -0.720. The molecule has 1 heterocycles. The van der Waals surface area contributed by atoms with Gasteiger partial charge in [0.1, 0.15) is 5.60 Å². The third-order valence-corrected chi connectivity index (χ3v) is 3.09. The Labute approximate surface area is 107 Å². The van der Waals surface area contributed by atoms with Gasteiger partial charge in [-0.1, -0.05) is 0 Å². The first-order chi connectivity index (χ1) is 8.21. The number of hydrogen-bond acceptors (Lipinski definition) is 3. The average molecular weight is 281 g/mol. The first-order valence-electron chi connectivity index (χ1n) is 5.29. The first kappa shape index (κ1) is 15.0. The molecule has 1 rings (SSSR count). The Bertz CT molecular complexity index is 387. The summed E-state index contributed by atoms with van der Waals surface area (Å²) in [7, 11) is 0. The maximum absolute atomic E-state index is 11.9. The van der Waals surface area contributed by atoms with Crippen LogP contribution in [0.3, 0.4) is 0 Å². The van der Waals surface area contributed by atoms with E-state index in [0.717, 1.165) is 0 Å². The lowest BCUT2D eigenvalue weighted by atomic mass is 9.99. The molecule has 0 aromatic carbocycles. The number of thiophene rings is 1. The molecule has 3 nitrogen and oxygen atoms in total. The molecular weight excluding hydrogens is 267 g/mol. The van der Waals surface area contributed by atoms with Crippen LogP contribution in [0.25, 0.3) is 0 Å². The number of rotatable bonds is 5. The molecule has 2 N–H and O–H groups in total. The molecule has 0 spiro atoms. The summed E-state index contributed by atoms with van der Waals surface area (Å²) in [4.78, 5) is 11.2. The number of hydrogen-bond donors (Lipinski definition) is 2. The normalized spacial score (nSPS) is 15.2. The van der Waals surface area contributed by atoms with E-state index < -0.39 is 30.5 Å². The largest absolute Gasteiger partial charge is 0.389 e. The maximum atomic E-state index is 11.9. The minimum atomic E-state index is -4.34. The predicted molar refractivity (Wildman–Crippen MR) is 62.2 cm³/mol. The number of alkyl halides is 3. The summed E-state index contributed by atoms with van der Waals surface area (Å²) in [5, 5.41) is 15.8. The predicted octanol–water partition coefficient (Wildman–Crippen LogP) is 2.41. The lowest BCUT2D eigenvalue weighted by Gasteiger charge is -2.22. The Morgan fingerprint density at radius 2 is 2.17 bits per heavy atom. The van der Waals surface area contributed by atoms with E-state index in [-0.39, 0.29) is 6.54 Å². The lowest BCUT2D eigenvalue weighted by molar-refractivity contribution is -0.144. The van der Waals surface area contributed by atoms with Crippen molar-refractivity contribution in [3.63, 3.8) is 0 Å². The van der Waals surface area contributed by atoms with Crippen molar-refractivity contribution in [1.82, 2.24) is 5.32 Å². The van der Waals surface area contributed by atoms with Crippen LogP contribution in [0.5, 0.6) is 0 Å². The molecule has 0 aliphatic heterocycles. The van der Waals surface area contributed by atoms with Crippen molar-refractivity contribution in [2.24, 2.45) is 0 Å². The van der Waals surface area contributed by atoms with Crippen molar-refractivity contribution in [3.8, 4) is 0 Å². The summed E-state index contributed by atoms with van der Waals surface area (Å²) in [6.07, 6.45) is -6.12. The minimum absolute atomic E-state index is 0.111. The van der Waals surface area contributed by atoms with Crippen LogP contribution >= 0.6 is 11.3 Å². The van der Waals surface area contributed by atoms with Crippen LogP contribution in [0.1, 0.15) is 25.3 Å². The van der Waals surface area contributed by atoms with Crippen molar-refractivity contribution in [2.75, 3.05) is 6.54 Å². The maximum Gasteiger partial charge on any atom is 0.389 e. The van der Waals surface area contributed by atoms with E-state index in [4.69, 9.17) is 0 Å². The average Bonchev–Trinajstić information content (AvgIpc) is 2.76. The fourth-order valence-corrected chi connectivity index (χ4v) is 2.07. The number of nitrogens with one attached hydrogen (secondary N) is 1. The van der Waals surface area contributed by atoms with Gasteiger partial charge < -0.3 is 10.4 Å². The molecular formula is C11H14F3NO2S. The highest BCUT2D eigenvalue weighted by atomic mass is 32.1. The molecule has 1 aromatic rings. The number of carbonyl (C=O) groups excluding carboxylic acids is 1. The molecule has 0 fully saturated rings. The second-order valence-electron chi connectivity index (χ2n) is 4.18. The van der Waals surface area contributed by atoms with Crippen molar-refractivity contribution < 1.29 is 23.1 Å². The number of amides is 1. The van der Waals surface area contributed by atoms with E-state index in [1.807, 2.05) is 0 Å². The first-order valence-corrected chi connectivity index (χ1v) is 6.23. The minimum Gasteiger partial charge on any atom is -0.384 e. The van der Waals surface area contributed by atoms with Gasteiger partial charge in [-0.25, -0.2) is 0 Å². The molecule has 0 radical (unpaired) electrons. The van der Waals surface area contributed by atoms with E-state index in [1.165, 1.54) is 18.3 Å². The molecule has 18 heavy (non-hydrogen) atoms. The lowest BCUT2D eigenvalue weighted by Crippen LogP contribution is -2.38. The van der Waals surface area contributed by atoms with Gasteiger partial charge in [0.25, 0.3) is 0 Å². The Balaban J connectivity index is 2.39. The SMILES string of the molecule is CC(O)(CNC(=O)CCC(F)(F)F)c1ccsc1. The van der Waals surface area contributed by atoms with Gasteiger partial charge >= 0.3 is 6.18 Å². The monoisotopic (exact) mass is 281 g/mol. The van der Waals surface area contributed by atoms with Crippen LogP contribution in [0.15, 0.2) is 16.8 Å². The summed E-state index contributed by atoms with van der Waals surface area (Å²) < 4.78 is 35.7. The molecule has 1 unspecified atom stereocenters. The van der Waals surface area contributed by atoms with Gasteiger partial charge in [0.05, 0.1) is 13.0 Å². The van der Waals surface area contributed by atoms with Crippen LogP contribution in [0.4, 0.5) is 13.2 Å². The summed E-state index contributed by atoms with van der Waals surface area (Å²) in [6, 6.07) is 1.70. The molecule has 0 aliphatic carbocycles. The third-order valence-electron chi connectivity index (χ3n) is 2.41. The summed E-state index contributed by atoms with van der Waals surface area (Å²) in [5.41, 5.74) is -0.642. The van der Waals surface area contributed by atoms with Gasteiger partial charge in [0, 0.05) is 6.42 Å². The topological polar surface area (TPSA) is 49.3 Å². The summed E-state index contributed by atoms with van der Waals surface area (Å²) in [6.45, 7) is 1.39. The Kier molecular flexibility index (Phi) is 4.75. The van der Waals surface area contributed by atoms with E-state index in [0.29, 0.717) is 5.56 Å². The number of aliphatic hydroxyl groups is 1. The standard InChI is InChI=1S/C11H14F3NO2S/c1-10(17,8-3-5-18-6-8)7-15-9(16)2-4-11(12,13)14/h3,5-6,17H,2,4,7H2,1H3,(H,15,16). The third kappa shape index (κ3) is 5.05. The van der Waals surface area contributed by atoms with E-state index >= 15 is 0 Å². The zero-order valence-corrected chi connectivity index (χ0v) is 10.6. The summed E-state index contributed by atoms with van der Waals surface area (Å²) >= 11 is 1.39. The van der Waals surface area contributed by atoms with Gasteiger partial charge in [-0.15, -0.1) is 0 Å².